The van der Waals surface area contributed by atoms with Gasteiger partial charge in [0.1, 0.15) is 24.7 Å². The van der Waals surface area contributed by atoms with Gasteiger partial charge in [0.15, 0.2) is 23.2 Å². The van der Waals surface area contributed by atoms with Crippen molar-refractivity contribution in [3.63, 3.8) is 0 Å². The average Bonchev–Trinajstić information content (AvgIpc) is 3.85. The number of aliphatic hydroxyl groups excluding tert-OH is 2. The van der Waals surface area contributed by atoms with Crippen molar-refractivity contribution >= 4 is 11.9 Å². The lowest BCUT2D eigenvalue weighted by Gasteiger charge is -2.35. The van der Waals surface area contributed by atoms with E-state index in [2.05, 4.69) is 33.6 Å². The van der Waals surface area contributed by atoms with Crippen LogP contribution in [-0.4, -0.2) is 83.0 Å². The molecule has 3 heterocycles. The summed E-state index contributed by atoms with van der Waals surface area (Å²) in [5.74, 6) is 11.1. The van der Waals surface area contributed by atoms with Gasteiger partial charge in [-0.15, -0.1) is 0 Å². The van der Waals surface area contributed by atoms with Gasteiger partial charge in [-0.3, -0.25) is 0 Å². The van der Waals surface area contributed by atoms with Gasteiger partial charge in [0.2, 0.25) is 0 Å². The van der Waals surface area contributed by atoms with Crippen LogP contribution in [0.2, 0.25) is 0 Å². The molecule has 12 nitrogen and oxygen atoms in total. The van der Waals surface area contributed by atoms with E-state index in [1.54, 1.807) is 129 Å². The van der Waals surface area contributed by atoms with Gasteiger partial charge in [-0.25, -0.2) is 19.6 Å². The molecule has 3 rings (SSSR count). The molecule has 300 valence electrons. The van der Waals surface area contributed by atoms with Gasteiger partial charge in [0, 0.05) is 37.9 Å². The van der Waals surface area contributed by atoms with Crippen molar-refractivity contribution in [1.82, 2.24) is 9.97 Å². The molecule has 56 heavy (non-hydrogen) atoms. The summed E-state index contributed by atoms with van der Waals surface area (Å²) in [5.41, 5.74) is -1.84. The van der Waals surface area contributed by atoms with Gasteiger partial charge < -0.3 is 38.0 Å². The van der Waals surface area contributed by atoms with Crippen molar-refractivity contribution in [1.29, 1.82) is 0 Å². The van der Waals surface area contributed by atoms with Crippen LogP contribution in [-0.2, 0) is 31.8 Å². The smallest absolute Gasteiger partial charge is 0.360 e. The predicted octanol–water partition coefficient (Wildman–Crippen LogP) is 6.48. The van der Waals surface area contributed by atoms with Crippen LogP contribution in [0.4, 0.5) is 0 Å². The summed E-state index contributed by atoms with van der Waals surface area (Å²) in [5, 5.41) is 21.8. The number of cyclic esters (lactones) is 2. The number of allylic oxidation sites excluding steroid dienone is 8. The highest BCUT2D eigenvalue weighted by molar-refractivity contribution is 5.87. The molecule has 0 fully saturated rings. The third-order valence-electron chi connectivity index (χ3n) is 9.32. The second-order valence-electron chi connectivity index (χ2n) is 14.1. The first-order chi connectivity index (χ1) is 26.8. The van der Waals surface area contributed by atoms with Crippen LogP contribution in [0.15, 0.2) is 94.3 Å². The highest BCUT2D eigenvalue weighted by atomic mass is 16.6. The van der Waals surface area contributed by atoms with Gasteiger partial charge in [-0.2, -0.15) is 0 Å². The summed E-state index contributed by atoms with van der Waals surface area (Å²) in [4.78, 5) is 35.2. The number of nitrogens with zero attached hydrogens (tertiary/aromatic N) is 2. The Kier molecular flexibility index (Phi) is 18.0. The first kappa shape index (κ1) is 45.2. The van der Waals surface area contributed by atoms with Crippen LogP contribution in [0.3, 0.4) is 0 Å². The number of carbonyl (C=O) groups excluding carboxylic acids is 2. The minimum atomic E-state index is -0.918. The largest absolute Gasteiger partial charge is 0.456 e. The number of carbonyl (C=O) groups is 2. The van der Waals surface area contributed by atoms with E-state index in [0.29, 0.717) is 0 Å². The Morgan fingerprint density at radius 2 is 1.11 bits per heavy atom. The summed E-state index contributed by atoms with van der Waals surface area (Å²) in [6.45, 7) is 10.8. The van der Waals surface area contributed by atoms with Crippen molar-refractivity contribution in [2.24, 2.45) is 10.8 Å². The Hall–Kier alpha value is -5.24. The van der Waals surface area contributed by atoms with E-state index in [4.69, 9.17) is 27.8 Å². The summed E-state index contributed by atoms with van der Waals surface area (Å²) >= 11 is 0. The zero-order valence-corrected chi connectivity index (χ0v) is 33.4. The third kappa shape index (κ3) is 13.5. The monoisotopic (exact) mass is 770 g/mol. The first-order valence-corrected chi connectivity index (χ1v) is 18.4. The van der Waals surface area contributed by atoms with Crippen LogP contribution in [0.25, 0.3) is 0 Å². The maximum absolute atomic E-state index is 13.3. The number of aliphatic hydroxyl groups is 2. The first-order valence-electron chi connectivity index (χ1n) is 18.4. The molecule has 12 heteroatoms. The van der Waals surface area contributed by atoms with Crippen molar-refractivity contribution in [2.45, 2.75) is 104 Å². The topological polar surface area (TPSA) is 164 Å². The molecule has 1 aliphatic rings. The number of methoxy groups -OCH3 is 2. The fourth-order valence-electron chi connectivity index (χ4n) is 5.34. The Morgan fingerprint density at radius 3 is 1.46 bits per heavy atom. The minimum absolute atomic E-state index is 0.0213. The van der Waals surface area contributed by atoms with Gasteiger partial charge in [0.05, 0.1) is 37.3 Å². The summed E-state index contributed by atoms with van der Waals surface area (Å²) in [6, 6.07) is 0. The lowest BCUT2D eigenvalue weighted by Crippen LogP contribution is -2.42. The van der Waals surface area contributed by atoms with E-state index in [0.717, 1.165) is 0 Å². The maximum Gasteiger partial charge on any atom is 0.360 e. The number of ether oxygens (including phenoxy) is 4. The molecule has 0 radical (unpaired) electrons. The molecule has 2 aromatic rings. The number of rotatable bonds is 8. The molecule has 1 aliphatic heterocycles. The van der Waals surface area contributed by atoms with E-state index < -0.39 is 59.4 Å². The van der Waals surface area contributed by atoms with E-state index in [-0.39, 0.29) is 48.9 Å². The number of hydrogen-bond donors (Lipinski definition) is 2. The fourth-order valence-corrected chi connectivity index (χ4v) is 5.34. The van der Waals surface area contributed by atoms with Crippen LogP contribution in [0.1, 0.15) is 87.1 Å². The second-order valence-corrected chi connectivity index (χ2v) is 14.1. The lowest BCUT2D eigenvalue weighted by atomic mass is 9.79. The quantitative estimate of drug-likeness (QED) is 0.171. The van der Waals surface area contributed by atoms with Crippen LogP contribution >= 0.6 is 0 Å². The van der Waals surface area contributed by atoms with E-state index >= 15 is 0 Å². The SMILES string of the molecule is C/C=C/[C@H](O)C(C)(C)C1CC#C/C=C\C=C\[C@H](OC)Cc2nc(co2)C(=O)OC(C(C)(C)[C@@H](O)/C=C/C)CC#C/C=C\C=C\[C@H](OC)Cc2nc(co2)C(=O)O1. The van der Waals surface area contributed by atoms with Gasteiger partial charge >= 0.3 is 11.9 Å². The van der Waals surface area contributed by atoms with Crippen LogP contribution in [0, 0.1) is 34.5 Å². The molecule has 0 saturated carbocycles. The van der Waals surface area contributed by atoms with Crippen molar-refractivity contribution < 1.29 is 47.6 Å². The summed E-state index contributed by atoms with van der Waals surface area (Å²) in [6.07, 6.45) is 19.4. The molecule has 6 atom stereocenters. The summed E-state index contributed by atoms with van der Waals surface area (Å²) in [7, 11) is 3.08. The number of aromatic nitrogens is 2. The standard InChI is InChI=1S/C44H54N2O10/c1-9-21-35(47)43(3,4)37-25-19-15-11-13-17-23-32(52-8)28-40-46-34(30-54-40)42(50)56-38(44(5,6)36(48)22-10-2)26-20-16-12-14-18-24-31(51-7)27-39-45-33(29-53-39)41(49)55-37/h9-14,17-18,21-24,29-32,35-38,47-48H,25-28H2,1-8H3/b13-11-,14-12-,21-9+,22-10+,23-17+,24-18+/t31-,32-,35-,36-,37?,38?/m0/s1. The average molecular weight is 771 g/mol. The second kappa shape index (κ2) is 22.3. The normalized spacial score (nSPS) is 24.4. The molecular formula is C44H54N2O10. The molecular weight excluding hydrogens is 716 g/mol. The Morgan fingerprint density at radius 1 is 0.714 bits per heavy atom. The zero-order chi connectivity index (χ0) is 41.1. The molecule has 4 bridgehead atoms. The summed E-state index contributed by atoms with van der Waals surface area (Å²) < 4.78 is 34.1. The number of hydrogen-bond acceptors (Lipinski definition) is 12. The number of oxazole rings is 2. The molecule has 0 aromatic carbocycles. The van der Waals surface area contributed by atoms with Crippen molar-refractivity contribution in [2.75, 3.05) is 14.2 Å². The Labute approximate surface area is 330 Å². The fraction of sp³-hybridized carbons (Fsp3) is 0.455. The molecule has 0 amide bonds. The number of esters is 2. The van der Waals surface area contributed by atoms with Crippen LogP contribution < -0.4 is 0 Å². The molecule has 2 N–H and O–H groups in total. The third-order valence-corrected chi connectivity index (χ3v) is 9.32. The highest BCUT2D eigenvalue weighted by Gasteiger charge is 2.39. The van der Waals surface area contributed by atoms with Gasteiger partial charge in [-0.1, -0.05) is 112 Å². The van der Waals surface area contributed by atoms with Gasteiger partial charge in [0.25, 0.3) is 0 Å². The van der Waals surface area contributed by atoms with E-state index in [9.17, 15) is 19.8 Å². The van der Waals surface area contributed by atoms with Gasteiger partial charge in [-0.05, 0) is 26.0 Å². The van der Waals surface area contributed by atoms with Crippen molar-refractivity contribution in [3.8, 4) is 23.7 Å². The molecule has 2 aromatic heterocycles. The maximum atomic E-state index is 13.3. The predicted molar refractivity (Wildman–Crippen MR) is 211 cm³/mol. The van der Waals surface area contributed by atoms with E-state index in [1.807, 2.05) is 0 Å². The highest BCUT2D eigenvalue weighted by Crippen LogP contribution is 2.33. The lowest BCUT2D eigenvalue weighted by molar-refractivity contribution is -0.0453. The molecule has 2 unspecified atom stereocenters. The molecule has 0 saturated heterocycles. The van der Waals surface area contributed by atoms with E-state index in [1.165, 1.54) is 12.5 Å². The number of fused-ring (bicyclic) bond motifs is 4. The minimum Gasteiger partial charge on any atom is -0.456 e. The Bertz CT molecular complexity index is 1750. The Balaban J connectivity index is 1.95. The molecule has 0 spiro atoms. The zero-order valence-electron chi connectivity index (χ0n) is 33.4. The van der Waals surface area contributed by atoms with Crippen LogP contribution in [0.5, 0.6) is 0 Å². The van der Waals surface area contributed by atoms with Crippen molar-refractivity contribution in [3.05, 3.63) is 109 Å². The molecule has 0 aliphatic carbocycles.